The maximum absolute atomic E-state index is 11.1. The molecule has 2 aromatic rings. The standard InChI is InChI=1S/C8H5ClN2O4S/c9-16(14,15)5-1-4-3-10-11-7(4)6(2-5)8(12)13/h1-3H,(H,10,11)(H,12,13). The van der Waals surface area contributed by atoms with Crippen LogP contribution >= 0.6 is 10.7 Å². The molecular formula is C8H5ClN2O4S. The smallest absolute Gasteiger partial charge is 0.337 e. The maximum atomic E-state index is 11.1. The highest BCUT2D eigenvalue weighted by Crippen LogP contribution is 2.24. The number of carbonyl (C=O) groups is 1. The van der Waals surface area contributed by atoms with Crippen molar-refractivity contribution in [1.82, 2.24) is 10.2 Å². The van der Waals surface area contributed by atoms with Crippen molar-refractivity contribution in [2.75, 3.05) is 0 Å². The molecule has 16 heavy (non-hydrogen) atoms. The molecule has 0 unspecified atom stereocenters. The van der Waals surface area contributed by atoms with Crippen molar-refractivity contribution in [2.24, 2.45) is 0 Å². The number of aromatic nitrogens is 2. The van der Waals surface area contributed by atoms with Gasteiger partial charge in [0.05, 0.1) is 22.2 Å². The zero-order valence-electron chi connectivity index (χ0n) is 7.64. The molecule has 0 bridgehead atoms. The van der Waals surface area contributed by atoms with Gasteiger partial charge in [0, 0.05) is 16.1 Å². The monoisotopic (exact) mass is 260 g/mol. The number of aromatic amines is 1. The highest BCUT2D eigenvalue weighted by atomic mass is 35.7. The molecule has 0 spiro atoms. The first kappa shape index (κ1) is 10.9. The highest BCUT2D eigenvalue weighted by Gasteiger charge is 2.17. The van der Waals surface area contributed by atoms with E-state index in [1.807, 2.05) is 0 Å². The van der Waals surface area contributed by atoms with Gasteiger partial charge in [-0.25, -0.2) is 13.2 Å². The Morgan fingerprint density at radius 3 is 2.69 bits per heavy atom. The molecule has 1 aromatic carbocycles. The average Bonchev–Trinajstić information content (AvgIpc) is 2.61. The van der Waals surface area contributed by atoms with Gasteiger partial charge in [-0.2, -0.15) is 5.10 Å². The summed E-state index contributed by atoms with van der Waals surface area (Å²) in [5.74, 6) is -1.25. The minimum absolute atomic E-state index is 0.186. The summed E-state index contributed by atoms with van der Waals surface area (Å²) in [7, 11) is 1.19. The molecule has 0 fully saturated rings. The molecule has 0 amide bonds. The topological polar surface area (TPSA) is 100 Å². The van der Waals surface area contributed by atoms with Gasteiger partial charge in [0.1, 0.15) is 0 Å². The molecule has 8 heteroatoms. The second-order valence-electron chi connectivity index (χ2n) is 3.05. The van der Waals surface area contributed by atoms with Crippen LogP contribution in [0.25, 0.3) is 10.9 Å². The van der Waals surface area contributed by atoms with Gasteiger partial charge in [-0.3, -0.25) is 5.10 Å². The van der Waals surface area contributed by atoms with Crippen molar-refractivity contribution in [2.45, 2.75) is 4.90 Å². The number of nitrogens with zero attached hydrogens (tertiary/aromatic N) is 1. The number of aromatic carboxylic acids is 1. The second-order valence-corrected chi connectivity index (χ2v) is 5.61. The summed E-state index contributed by atoms with van der Waals surface area (Å²) in [6, 6.07) is 2.25. The van der Waals surface area contributed by atoms with E-state index in [0.717, 1.165) is 6.07 Å². The van der Waals surface area contributed by atoms with E-state index >= 15 is 0 Å². The van der Waals surface area contributed by atoms with E-state index in [9.17, 15) is 13.2 Å². The molecule has 0 saturated heterocycles. The van der Waals surface area contributed by atoms with E-state index in [2.05, 4.69) is 10.2 Å². The van der Waals surface area contributed by atoms with Crippen molar-refractivity contribution < 1.29 is 18.3 Å². The maximum Gasteiger partial charge on any atom is 0.337 e. The number of fused-ring (bicyclic) bond motifs is 1. The molecule has 1 heterocycles. The third kappa shape index (κ3) is 1.74. The fraction of sp³-hybridized carbons (Fsp3) is 0. The Labute approximate surface area is 94.3 Å². The SMILES string of the molecule is O=C(O)c1cc(S(=O)(=O)Cl)cc2cn[nH]c12. The van der Waals surface area contributed by atoms with E-state index in [1.54, 1.807) is 0 Å². The van der Waals surface area contributed by atoms with Crippen LogP contribution in [0.15, 0.2) is 23.2 Å². The number of benzene rings is 1. The van der Waals surface area contributed by atoms with Gasteiger partial charge in [-0.15, -0.1) is 0 Å². The Balaban J connectivity index is 2.87. The van der Waals surface area contributed by atoms with E-state index in [4.69, 9.17) is 15.8 Å². The predicted octanol–water partition coefficient (Wildman–Crippen LogP) is 1.19. The number of hydrogen-bond acceptors (Lipinski definition) is 4. The lowest BCUT2D eigenvalue weighted by Crippen LogP contribution is -2.00. The third-order valence-electron chi connectivity index (χ3n) is 2.03. The Morgan fingerprint density at radius 2 is 2.12 bits per heavy atom. The number of H-pyrrole nitrogens is 1. The van der Waals surface area contributed by atoms with Crippen molar-refractivity contribution in [3.63, 3.8) is 0 Å². The van der Waals surface area contributed by atoms with Gasteiger partial charge in [0.15, 0.2) is 0 Å². The summed E-state index contributed by atoms with van der Waals surface area (Å²) >= 11 is 0. The molecule has 6 nitrogen and oxygen atoms in total. The van der Waals surface area contributed by atoms with Crippen LogP contribution in [0.1, 0.15) is 10.4 Å². The van der Waals surface area contributed by atoms with Crippen molar-refractivity contribution in [3.05, 3.63) is 23.9 Å². The van der Waals surface area contributed by atoms with Crippen LogP contribution in [0.3, 0.4) is 0 Å². The fourth-order valence-corrected chi connectivity index (χ4v) is 2.13. The molecule has 1 aromatic heterocycles. The Bertz CT molecular complexity index is 676. The number of halogens is 1. The lowest BCUT2D eigenvalue weighted by molar-refractivity contribution is 0.0698. The van der Waals surface area contributed by atoms with Gasteiger partial charge in [-0.05, 0) is 12.1 Å². The lowest BCUT2D eigenvalue weighted by Gasteiger charge is -2.00. The lowest BCUT2D eigenvalue weighted by atomic mass is 10.1. The van der Waals surface area contributed by atoms with Crippen LogP contribution in [-0.4, -0.2) is 29.7 Å². The largest absolute Gasteiger partial charge is 0.478 e. The molecular weight excluding hydrogens is 256 g/mol. The second kappa shape index (κ2) is 3.46. The van der Waals surface area contributed by atoms with Crippen LogP contribution in [0, 0.1) is 0 Å². The van der Waals surface area contributed by atoms with Crippen molar-refractivity contribution in [1.29, 1.82) is 0 Å². The van der Waals surface area contributed by atoms with Crippen LogP contribution in [0.2, 0.25) is 0 Å². The van der Waals surface area contributed by atoms with Crippen LogP contribution in [0.5, 0.6) is 0 Å². The van der Waals surface area contributed by atoms with Crippen LogP contribution < -0.4 is 0 Å². The number of rotatable bonds is 2. The van der Waals surface area contributed by atoms with E-state index in [1.165, 1.54) is 12.3 Å². The molecule has 0 atom stereocenters. The van der Waals surface area contributed by atoms with Gasteiger partial charge in [-0.1, -0.05) is 0 Å². The zero-order chi connectivity index (χ0) is 11.9. The number of nitrogens with one attached hydrogen (secondary N) is 1. The molecule has 0 saturated carbocycles. The fourth-order valence-electron chi connectivity index (χ4n) is 1.34. The zero-order valence-corrected chi connectivity index (χ0v) is 9.21. The minimum atomic E-state index is -3.96. The summed E-state index contributed by atoms with van der Waals surface area (Å²) in [5, 5.41) is 15.4. The number of carboxylic acid groups (broad SMARTS) is 1. The van der Waals surface area contributed by atoms with Gasteiger partial charge < -0.3 is 5.11 Å². The third-order valence-corrected chi connectivity index (χ3v) is 3.37. The van der Waals surface area contributed by atoms with Gasteiger partial charge in [0.2, 0.25) is 0 Å². The normalized spacial score (nSPS) is 11.8. The Morgan fingerprint density at radius 1 is 1.44 bits per heavy atom. The summed E-state index contributed by atoms with van der Waals surface area (Å²) in [6.45, 7) is 0. The summed E-state index contributed by atoms with van der Waals surface area (Å²) in [6.07, 6.45) is 1.33. The summed E-state index contributed by atoms with van der Waals surface area (Å²) < 4.78 is 22.2. The molecule has 0 aliphatic heterocycles. The summed E-state index contributed by atoms with van der Waals surface area (Å²) in [5.41, 5.74) is 0.0748. The first-order chi connectivity index (χ1) is 7.39. The molecule has 0 aliphatic rings. The van der Waals surface area contributed by atoms with Gasteiger partial charge >= 0.3 is 5.97 Å². The predicted molar refractivity (Wildman–Crippen MR) is 56.1 cm³/mol. The van der Waals surface area contributed by atoms with Crippen LogP contribution in [0.4, 0.5) is 0 Å². The van der Waals surface area contributed by atoms with E-state index < -0.39 is 15.0 Å². The minimum Gasteiger partial charge on any atom is -0.478 e. The van der Waals surface area contributed by atoms with Crippen molar-refractivity contribution in [3.8, 4) is 0 Å². The van der Waals surface area contributed by atoms with Crippen LogP contribution in [-0.2, 0) is 9.05 Å². The first-order valence-electron chi connectivity index (χ1n) is 4.04. The van der Waals surface area contributed by atoms with E-state index in [0.29, 0.717) is 5.39 Å². The highest BCUT2D eigenvalue weighted by molar-refractivity contribution is 8.13. The van der Waals surface area contributed by atoms with Crippen molar-refractivity contribution >= 4 is 36.6 Å². The molecule has 2 rings (SSSR count). The quantitative estimate of drug-likeness (QED) is 0.790. The summed E-state index contributed by atoms with van der Waals surface area (Å²) in [4.78, 5) is 10.6. The average molecular weight is 261 g/mol. The molecule has 0 aliphatic carbocycles. The Hall–Kier alpha value is -1.60. The molecule has 0 radical (unpaired) electrons. The molecule has 84 valence electrons. The van der Waals surface area contributed by atoms with E-state index in [-0.39, 0.29) is 16.0 Å². The first-order valence-corrected chi connectivity index (χ1v) is 6.35. The number of hydrogen-bond donors (Lipinski definition) is 2. The Kier molecular flexibility index (Phi) is 2.36. The number of carboxylic acids is 1. The van der Waals surface area contributed by atoms with Gasteiger partial charge in [0.25, 0.3) is 9.05 Å². The molecule has 2 N–H and O–H groups in total.